The third kappa shape index (κ3) is 3.03. The third-order valence-electron chi connectivity index (χ3n) is 3.47. The van der Waals surface area contributed by atoms with Crippen LogP contribution in [-0.2, 0) is 6.61 Å². The normalized spacial score (nSPS) is 12.3. The molecule has 21 heavy (non-hydrogen) atoms. The average molecular weight is 279 g/mol. The van der Waals surface area contributed by atoms with E-state index in [0.29, 0.717) is 6.61 Å². The van der Waals surface area contributed by atoms with Crippen LogP contribution in [0.2, 0.25) is 0 Å². The molecule has 1 heterocycles. The van der Waals surface area contributed by atoms with Crippen LogP contribution in [0.1, 0.15) is 24.2 Å². The minimum absolute atomic E-state index is 0.478. The molecule has 3 rings (SSSR count). The Morgan fingerprint density at radius 3 is 2.81 bits per heavy atom. The fourth-order valence-electron chi connectivity index (χ4n) is 2.31. The fourth-order valence-corrected chi connectivity index (χ4v) is 2.31. The predicted octanol–water partition coefficient (Wildman–Crippen LogP) is 3.87. The van der Waals surface area contributed by atoms with E-state index in [1.54, 1.807) is 13.1 Å². The molecular weight excluding hydrogens is 262 g/mol. The van der Waals surface area contributed by atoms with Gasteiger partial charge in [-0.15, -0.1) is 0 Å². The van der Waals surface area contributed by atoms with Crippen molar-refractivity contribution in [1.82, 2.24) is 4.98 Å². The van der Waals surface area contributed by atoms with Gasteiger partial charge in [-0.1, -0.05) is 30.3 Å². The Hall–Kier alpha value is -2.39. The molecule has 1 N–H and O–H groups in total. The molecule has 1 unspecified atom stereocenters. The number of fused-ring (bicyclic) bond motifs is 1. The van der Waals surface area contributed by atoms with Crippen molar-refractivity contribution in [3.63, 3.8) is 0 Å². The number of benzene rings is 2. The summed E-state index contributed by atoms with van der Waals surface area (Å²) in [7, 11) is 0. The lowest BCUT2D eigenvalue weighted by Crippen LogP contribution is -1.98. The Morgan fingerprint density at radius 1 is 1.10 bits per heavy atom. The Kier molecular flexibility index (Phi) is 3.84. The number of ether oxygens (including phenoxy) is 1. The Bertz CT molecular complexity index is 748. The van der Waals surface area contributed by atoms with Gasteiger partial charge in [0.15, 0.2) is 0 Å². The molecule has 0 amide bonds. The van der Waals surface area contributed by atoms with Gasteiger partial charge in [-0.2, -0.15) is 0 Å². The second-order valence-corrected chi connectivity index (χ2v) is 5.02. The van der Waals surface area contributed by atoms with E-state index in [-0.39, 0.29) is 0 Å². The lowest BCUT2D eigenvalue weighted by Gasteiger charge is -2.11. The zero-order valence-electron chi connectivity index (χ0n) is 11.9. The lowest BCUT2D eigenvalue weighted by molar-refractivity contribution is 0.198. The van der Waals surface area contributed by atoms with Gasteiger partial charge in [0.25, 0.3) is 0 Å². The summed E-state index contributed by atoms with van der Waals surface area (Å²) in [5.74, 6) is 0.759. The molecule has 1 aromatic heterocycles. The molecule has 0 fully saturated rings. The van der Waals surface area contributed by atoms with Crippen LogP contribution in [0.25, 0.3) is 10.9 Å². The molecule has 0 saturated heterocycles. The van der Waals surface area contributed by atoms with E-state index in [4.69, 9.17) is 4.74 Å². The average Bonchev–Trinajstić information content (AvgIpc) is 2.53. The highest BCUT2D eigenvalue weighted by Gasteiger charge is 2.05. The van der Waals surface area contributed by atoms with Gasteiger partial charge >= 0.3 is 0 Å². The first-order valence-electron chi connectivity index (χ1n) is 6.97. The largest absolute Gasteiger partial charge is 0.489 e. The number of para-hydroxylation sites is 1. The highest BCUT2D eigenvalue weighted by Crippen LogP contribution is 2.22. The van der Waals surface area contributed by atoms with E-state index in [1.165, 1.54) is 0 Å². The van der Waals surface area contributed by atoms with Crippen molar-refractivity contribution in [1.29, 1.82) is 0 Å². The van der Waals surface area contributed by atoms with Crippen LogP contribution in [0.3, 0.4) is 0 Å². The van der Waals surface area contributed by atoms with Crippen LogP contribution >= 0.6 is 0 Å². The predicted molar refractivity (Wildman–Crippen MR) is 83.2 cm³/mol. The number of nitrogens with zero attached hydrogens (tertiary/aromatic N) is 1. The molecule has 0 aliphatic rings. The van der Waals surface area contributed by atoms with Crippen molar-refractivity contribution in [2.45, 2.75) is 19.6 Å². The molecule has 0 bridgehead atoms. The van der Waals surface area contributed by atoms with Gasteiger partial charge in [0.1, 0.15) is 12.4 Å². The van der Waals surface area contributed by atoms with Gasteiger partial charge in [0.2, 0.25) is 0 Å². The fraction of sp³-hybridized carbons (Fsp3) is 0.167. The molecule has 0 saturated carbocycles. The van der Waals surface area contributed by atoms with E-state index >= 15 is 0 Å². The number of hydrogen-bond acceptors (Lipinski definition) is 3. The van der Waals surface area contributed by atoms with E-state index in [9.17, 15) is 5.11 Å². The molecule has 0 aliphatic heterocycles. The SMILES string of the molecule is CC(O)c1cccc(OCc2ccnc3ccccc23)c1. The summed E-state index contributed by atoms with van der Waals surface area (Å²) in [6, 6.07) is 17.5. The molecule has 3 aromatic rings. The minimum Gasteiger partial charge on any atom is -0.489 e. The Labute approximate surface area is 123 Å². The van der Waals surface area contributed by atoms with Gasteiger partial charge in [0.05, 0.1) is 11.6 Å². The molecule has 0 aliphatic carbocycles. The Morgan fingerprint density at radius 2 is 1.95 bits per heavy atom. The molecule has 1 atom stereocenters. The van der Waals surface area contributed by atoms with Gasteiger partial charge in [0, 0.05) is 17.1 Å². The van der Waals surface area contributed by atoms with Crippen LogP contribution in [0.5, 0.6) is 5.75 Å². The third-order valence-corrected chi connectivity index (χ3v) is 3.47. The first-order valence-corrected chi connectivity index (χ1v) is 6.97. The summed E-state index contributed by atoms with van der Waals surface area (Å²) in [4.78, 5) is 4.35. The first kappa shape index (κ1) is 13.6. The van der Waals surface area contributed by atoms with Crippen LogP contribution in [0.15, 0.2) is 60.8 Å². The molecule has 3 heteroatoms. The standard InChI is InChI=1S/C18H17NO2/c1-13(20)14-5-4-6-16(11-14)21-12-15-9-10-19-18-8-3-2-7-17(15)18/h2-11,13,20H,12H2,1H3. The van der Waals surface area contributed by atoms with E-state index in [2.05, 4.69) is 4.98 Å². The maximum atomic E-state index is 9.61. The minimum atomic E-state index is -0.490. The topological polar surface area (TPSA) is 42.4 Å². The molecular formula is C18H17NO2. The summed E-state index contributed by atoms with van der Waals surface area (Å²) in [6.07, 6.45) is 1.31. The second-order valence-electron chi connectivity index (χ2n) is 5.02. The number of aliphatic hydroxyl groups is 1. The summed E-state index contributed by atoms with van der Waals surface area (Å²) in [5.41, 5.74) is 2.92. The summed E-state index contributed by atoms with van der Waals surface area (Å²) >= 11 is 0. The van der Waals surface area contributed by atoms with E-state index in [1.807, 2.05) is 54.6 Å². The van der Waals surface area contributed by atoms with E-state index in [0.717, 1.165) is 27.8 Å². The maximum absolute atomic E-state index is 9.61. The monoisotopic (exact) mass is 279 g/mol. The summed E-state index contributed by atoms with van der Waals surface area (Å²) in [6.45, 7) is 2.22. The smallest absolute Gasteiger partial charge is 0.120 e. The lowest BCUT2D eigenvalue weighted by atomic mass is 10.1. The number of aromatic nitrogens is 1. The first-order chi connectivity index (χ1) is 10.2. The number of rotatable bonds is 4. The molecule has 0 spiro atoms. The van der Waals surface area contributed by atoms with Crippen LogP contribution < -0.4 is 4.74 Å². The highest BCUT2D eigenvalue weighted by molar-refractivity contribution is 5.81. The zero-order valence-corrected chi connectivity index (χ0v) is 11.9. The summed E-state index contributed by atoms with van der Waals surface area (Å²) < 4.78 is 5.85. The second kappa shape index (κ2) is 5.94. The number of hydrogen-bond donors (Lipinski definition) is 1. The van der Waals surface area contributed by atoms with Crippen molar-refractivity contribution >= 4 is 10.9 Å². The summed E-state index contributed by atoms with van der Waals surface area (Å²) in [5, 5.41) is 10.7. The quantitative estimate of drug-likeness (QED) is 0.788. The highest BCUT2D eigenvalue weighted by atomic mass is 16.5. The number of pyridine rings is 1. The van der Waals surface area contributed by atoms with Gasteiger partial charge in [-0.05, 0) is 36.8 Å². The van der Waals surface area contributed by atoms with Crippen molar-refractivity contribution in [2.75, 3.05) is 0 Å². The van der Waals surface area contributed by atoms with Crippen LogP contribution in [0, 0.1) is 0 Å². The zero-order chi connectivity index (χ0) is 14.7. The molecule has 3 nitrogen and oxygen atoms in total. The van der Waals surface area contributed by atoms with Crippen molar-refractivity contribution in [3.8, 4) is 5.75 Å². The van der Waals surface area contributed by atoms with E-state index < -0.39 is 6.10 Å². The van der Waals surface area contributed by atoms with Crippen molar-refractivity contribution in [2.24, 2.45) is 0 Å². The van der Waals surface area contributed by atoms with Crippen molar-refractivity contribution in [3.05, 3.63) is 71.9 Å². The van der Waals surface area contributed by atoms with Gasteiger partial charge in [-0.3, -0.25) is 4.98 Å². The maximum Gasteiger partial charge on any atom is 0.120 e. The Balaban J connectivity index is 1.82. The van der Waals surface area contributed by atoms with Crippen LogP contribution in [0.4, 0.5) is 0 Å². The molecule has 0 radical (unpaired) electrons. The van der Waals surface area contributed by atoms with Gasteiger partial charge < -0.3 is 9.84 Å². The van der Waals surface area contributed by atoms with Gasteiger partial charge in [-0.25, -0.2) is 0 Å². The van der Waals surface area contributed by atoms with Crippen LogP contribution in [-0.4, -0.2) is 10.1 Å². The van der Waals surface area contributed by atoms with Crippen molar-refractivity contribution < 1.29 is 9.84 Å². The number of aliphatic hydroxyl groups excluding tert-OH is 1. The molecule has 2 aromatic carbocycles. The molecule has 106 valence electrons.